The molecular weight excluding hydrogens is 496 g/mol. The number of aliphatic imine (C=N–C) groups is 1. The number of hydrogen-bond donors (Lipinski definition) is 2. The molecule has 2 aromatic carbocycles. The quantitative estimate of drug-likeness (QED) is 0.228. The summed E-state index contributed by atoms with van der Waals surface area (Å²) in [5.41, 5.74) is 0.840. The average Bonchev–Trinajstić information content (AvgIpc) is 3.43. The van der Waals surface area contributed by atoms with Crippen LogP contribution in [0.2, 0.25) is 0 Å². The SMILES string of the molecule is O=C(NC(=NC1CCCCN(CC(=O)N2CCCC2)C1=O)Nc1ccc2ccccc2c1)c1ccc[n+]([O-])c1. The summed E-state index contributed by atoms with van der Waals surface area (Å²) < 4.78 is 0.548. The highest BCUT2D eigenvalue weighted by molar-refractivity contribution is 6.10. The van der Waals surface area contributed by atoms with Gasteiger partial charge in [-0.15, -0.1) is 0 Å². The smallest absolute Gasteiger partial charge is 0.264 e. The summed E-state index contributed by atoms with van der Waals surface area (Å²) in [4.78, 5) is 47.4. The second-order valence-electron chi connectivity index (χ2n) is 9.93. The summed E-state index contributed by atoms with van der Waals surface area (Å²) in [7, 11) is 0. The molecule has 0 spiro atoms. The average molecular weight is 529 g/mol. The molecular formula is C29H32N6O4. The molecule has 2 fully saturated rings. The van der Waals surface area contributed by atoms with Crippen molar-refractivity contribution in [3.8, 4) is 0 Å². The van der Waals surface area contributed by atoms with Gasteiger partial charge >= 0.3 is 0 Å². The summed E-state index contributed by atoms with van der Waals surface area (Å²) in [6.07, 6.45) is 6.48. The van der Waals surface area contributed by atoms with Crippen molar-refractivity contribution in [2.24, 2.45) is 4.99 Å². The van der Waals surface area contributed by atoms with Crippen molar-refractivity contribution in [1.29, 1.82) is 0 Å². The molecule has 5 rings (SSSR count). The highest BCUT2D eigenvalue weighted by Gasteiger charge is 2.30. The van der Waals surface area contributed by atoms with E-state index >= 15 is 0 Å². The van der Waals surface area contributed by atoms with Crippen LogP contribution in [0, 0.1) is 5.21 Å². The minimum absolute atomic E-state index is 0.0386. The van der Waals surface area contributed by atoms with Crippen molar-refractivity contribution >= 4 is 40.1 Å². The number of carbonyl (C=O) groups is 3. The number of anilines is 1. The van der Waals surface area contributed by atoms with Crippen molar-refractivity contribution < 1.29 is 19.1 Å². The molecule has 10 nitrogen and oxygen atoms in total. The van der Waals surface area contributed by atoms with E-state index in [1.54, 1.807) is 4.90 Å². The largest absolute Gasteiger partial charge is 0.619 e. The maximum atomic E-state index is 13.5. The topological polar surface area (TPSA) is 121 Å². The van der Waals surface area contributed by atoms with Gasteiger partial charge < -0.3 is 20.3 Å². The Labute approximate surface area is 226 Å². The molecule has 0 saturated carbocycles. The monoisotopic (exact) mass is 528 g/mol. The summed E-state index contributed by atoms with van der Waals surface area (Å²) in [5.74, 6) is -0.704. The molecule has 3 aromatic rings. The van der Waals surface area contributed by atoms with E-state index in [9.17, 15) is 19.6 Å². The van der Waals surface area contributed by atoms with Gasteiger partial charge in [0.05, 0.1) is 6.54 Å². The van der Waals surface area contributed by atoms with E-state index in [0.29, 0.717) is 23.4 Å². The molecule has 1 aromatic heterocycles. The van der Waals surface area contributed by atoms with Crippen LogP contribution in [-0.2, 0) is 9.59 Å². The molecule has 3 heterocycles. The lowest BCUT2D eigenvalue weighted by Gasteiger charge is -2.25. The van der Waals surface area contributed by atoms with Gasteiger partial charge in [-0.3, -0.25) is 19.7 Å². The Morgan fingerprint density at radius 1 is 0.974 bits per heavy atom. The Balaban J connectivity index is 1.40. The van der Waals surface area contributed by atoms with Crippen LogP contribution in [0.5, 0.6) is 0 Å². The molecule has 2 aliphatic heterocycles. The van der Waals surface area contributed by atoms with E-state index < -0.39 is 11.9 Å². The van der Waals surface area contributed by atoms with Crippen molar-refractivity contribution in [1.82, 2.24) is 15.1 Å². The molecule has 1 atom stereocenters. The lowest BCUT2D eigenvalue weighted by molar-refractivity contribution is -0.605. The number of fused-ring (bicyclic) bond motifs is 1. The first-order chi connectivity index (χ1) is 19.0. The third kappa shape index (κ3) is 6.51. The van der Waals surface area contributed by atoms with Crippen LogP contribution >= 0.6 is 0 Å². The van der Waals surface area contributed by atoms with Crippen molar-refractivity contribution in [3.05, 3.63) is 77.8 Å². The van der Waals surface area contributed by atoms with Crippen molar-refractivity contribution in [3.63, 3.8) is 0 Å². The highest BCUT2D eigenvalue weighted by atomic mass is 16.5. The van der Waals surface area contributed by atoms with E-state index in [4.69, 9.17) is 0 Å². The molecule has 39 heavy (non-hydrogen) atoms. The molecule has 2 aliphatic rings. The first kappa shape index (κ1) is 26.1. The number of pyridine rings is 1. The second-order valence-corrected chi connectivity index (χ2v) is 9.93. The molecule has 3 amide bonds. The third-order valence-corrected chi connectivity index (χ3v) is 7.10. The standard InChI is InChI=1S/C29H32N6O4/c36-26(33-14-5-6-15-33)20-34-16-4-3-11-25(28(34)38)31-29(32-27(37)23-10-7-17-35(39)19-23)30-24-13-12-21-8-1-2-9-22(21)18-24/h1-2,7-10,12-13,17-19,25H,3-6,11,14-16,20H2,(H2,30,31,32,37). The van der Waals surface area contributed by atoms with Crippen molar-refractivity contribution in [2.45, 2.75) is 38.1 Å². The lowest BCUT2D eigenvalue weighted by Crippen LogP contribution is -2.45. The molecule has 0 bridgehead atoms. The second kappa shape index (κ2) is 11.9. The Morgan fingerprint density at radius 2 is 1.74 bits per heavy atom. The zero-order valence-corrected chi connectivity index (χ0v) is 21.7. The van der Waals surface area contributed by atoms with Gasteiger partial charge in [0, 0.05) is 31.4 Å². The number of amides is 3. The zero-order valence-electron chi connectivity index (χ0n) is 21.7. The fourth-order valence-corrected chi connectivity index (χ4v) is 5.02. The van der Waals surface area contributed by atoms with Gasteiger partial charge in [-0.1, -0.05) is 30.3 Å². The minimum atomic E-state index is -0.762. The number of benzene rings is 2. The zero-order chi connectivity index (χ0) is 27.2. The maximum absolute atomic E-state index is 13.5. The summed E-state index contributed by atoms with van der Waals surface area (Å²) in [6.45, 7) is 2.00. The van der Waals surface area contributed by atoms with Crippen LogP contribution in [0.15, 0.2) is 72.0 Å². The fraction of sp³-hybridized carbons (Fsp3) is 0.345. The van der Waals surface area contributed by atoms with Crippen LogP contribution in [0.1, 0.15) is 42.5 Å². The van der Waals surface area contributed by atoms with Gasteiger partial charge in [-0.05, 0) is 61.1 Å². The molecule has 2 N–H and O–H groups in total. The van der Waals surface area contributed by atoms with E-state index in [2.05, 4.69) is 15.6 Å². The minimum Gasteiger partial charge on any atom is -0.619 e. The number of nitrogens with zero attached hydrogens (tertiary/aromatic N) is 4. The molecule has 2 saturated heterocycles. The van der Waals surface area contributed by atoms with Crippen LogP contribution in [-0.4, -0.2) is 65.7 Å². The van der Waals surface area contributed by atoms with Gasteiger partial charge in [0.1, 0.15) is 11.6 Å². The number of carbonyl (C=O) groups excluding carboxylic acids is 3. The van der Waals surface area contributed by atoms with Gasteiger partial charge in [0.15, 0.2) is 12.4 Å². The molecule has 10 heteroatoms. The lowest BCUT2D eigenvalue weighted by atomic mass is 10.1. The Kier molecular flexibility index (Phi) is 8.00. The van der Waals surface area contributed by atoms with Gasteiger partial charge in [-0.25, -0.2) is 4.99 Å². The van der Waals surface area contributed by atoms with Gasteiger partial charge in [-0.2, -0.15) is 4.73 Å². The summed E-state index contributed by atoms with van der Waals surface area (Å²) in [6, 6.07) is 15.9. The van der Waals surface area contributed by atoms with E-state index in [1.807, 2.05) is 47.4 Å². The first-order valence-corrected chi connectivity index (χ1v) is 13.4. The summed E-state index contributed by atoms with van der Waals surface area (Å²) >= 11 is 0. The Hall–Kier alpha value is -4.47. The van der Waals surface area contributed by atoms with Crippen LogP contribution in [0.4, 0.5) is 5.69 Å². The van der Waals surface area contributed by atoms with Crippen molar-refractivity contribution in [2.75, 3.05) is 31.5 Å². The number of hydrogen-bond acceptors (Lipinski definition) is 5. The van der Waals surface area contributed by atoms with Crippen LogP contribution in [0.25, 0.3) is 10.8 Å². The Morgan fingerprint density at radius 3 is 2.54 bits per heavy atom. The predicted octanol–water partition coefficient (Wildman–Crippen LogP) is 2.67. The van der Waals surface area contributed by atoms with E-state index in [0.717, 1.165) is 49.5 Å². The fourth-order valence-electron chi connectivity index (χ4n) is 5.02. The third-order valence-electron chi connectivity index (χ3n) is 7.10. The molecule has 1 unspecified atom stereocenters. The summed E-state index contributed by atoms with van der Waals surface area (Å²) in [5, 5.41) is 19.7. The first-order valence-electron chi connectivity index (χ1n) is 13.4. The number of likely N-dealkylation sites (tertiary alicyclic amines) is 2. The normalized spacial score (nSPS) is 18.2. The number of rotatable bonds is 5. The molecule has 202 valence electrons. The van der Waals surface area contributed by atoms with Crippen LogP contribution in [0.3, 0.4) is 0 Å². The number of nitrogens with one attached hydrogen (secondary N) is 2. The molecule has 0 radical (unpaired) electrons. The van der Waals surface area contributed by atoms with E-state index in [1.165, 1.54) is 24.5 Å². The van der Waals surface area contributed by atoms with Gasteiger partial charge in [0.25, 0.3) is 5.91 Å². The van der Waals surface area contributed by atoms with Crippen LogP contribution < -0.4 is 15.4 Å². The molecule has 0 aliphatic carbocycles. The number of aromatic nitrogens is 1. The maximum Gasteiger partial charge on any atom is 0.264 e. The highest BCUT2D eigenvalue weighted by Crippen LogP contribution is 2.20. The van der Waals surface area contributed by atoms with Gasteiger partial charge in [0.2, 0.25) is 17.8 Å². The Bertz CT molecular complexity index is 1400. The predicted molar refractivity (Wildman–Crippen MR) is 148 cm³/mol. The number of guanidine groups is 1. The van der Waals surface area contributed by atoms with E-state index in [-0.39, 0.29) is 29.9 Å².